The summed E-state index contributed by atoms with van der Waals surface area (Å²) < 4.78 is 27.9. The topological polar surface area (TPSA) is 76.9 Å². The van der Waals surface area contributed by atoms with Crippen molar-refractivity contribution in [2.75, 3.05) is 5.32 Å². The van der Waals surface area contributed by atoms with E-state index in [0.29, 0.717) is 27.3 Å². The number of rotatable bonds is 4. The predicted molar refractivity (Wildman–Crippen MR) is 102 cm³/mol. The van der Waals surface area contributed by atoms with Gasteiger partial charge in [0, 0.05) is 16.3 Å². The van der Waals surface area contributed by atoms with Crippen LogP contribution in [0.15, 0.2) is 58.8 Å². The molecule has 140 valence electrons. The lowest BCUT2D eigenvalue weighted by Gasteiger charge is -2.08. The molecule has 2 aromatic heterocycles. The SMILES string of the molecule is O=C(Cn1ncc(=O)c2ccccc21)Nc1nc(-c2ccc(F)c(F)c2)cs1. The molecule has 1 amide bonds. The number of benzene rings is 2. The van der Waals surface area contributed by atoms with Gasteiger partial charge in [0.05, 0.1) is 17.4 Å². The molecule has 0 unspecified atom stereocenters. The summed E-state index contributed by atoms with van der Waals surface area (Å²) in [5, 5.41) is 9.08. The maximum atomic E-state index is 13.4. The summed E-state index contributed by atoms with van der Waals surface area (Å²) in [6.45, 7) is -0.110. The van der Waals surface area contributed by atoms with Crippen LogP contribution in [-0.2, 0) is 11.3 Å². The molecule has 0 bridgehead atoms. The van der Waals surface area contributed by atoms with Crippen LogP contribution >= 0.6 is 11.3 Å². The first-order valence-electron chi connectivity index (χ1n) is 8.17. The second-order valence-electron chi connectivity index (χ2n) is 5.90. The smallest absolute Gasteiger partial charge is 0.247 e. The first-order valence-corrected chi connectivity index (χ1v) is 9.05. The second-order valence-corrected chi connectivity index (χ2v) is 6.76. The van der Waals surface area contributed by atoms with Crippen molar-refractivity contribution in [2.45, 2.75) is 6.54 Å². The van der Waals surface area contributed by atoms with E-state index >= 15 is 0 Å². The summed E-state index contributed by atoms with van der Waals surface area (Å²) in [7, 11) is 0. The summed E-state index contributed by atoms with van der Waals surface area (Å²) in [4.78, 5) is 28.4. The fourth-order valence-electron chi connectivity index (χ4n) is 2.70. The standard InChI is InChI=1S/C19H12F2N4O2S/c20-13-6-5-11(7-14(13)21)15-10-28-19(23-15)24-18(27)9-25-16-4-2-1-3-12(16)17(26)8-22-25/h1-8,10H,9H2,(H,23,24,27). The lowest BCUT2D eigenvalue weighted by molar-refractivity contribution is -0.116. The molecule has 0 saturated heterocycles. The highest BCUT2D eigenvalue weighted by Crippen LogP contribution is 2.26. The van der Waals surface area contributed by atoms with Gasteiger partial charge in [-0.15, -0.1) is 11.3 Å². The summed E-state index contributed by atoms with van der Waals surface area (Å²) >= 11 is 1.16. The maximum Gasteiger partial charge on any atom is 0.247 e. The Hall–Kier alpha value is -3.46. The number of aromatic nitrogens is 3. The van der Waals surface area contributed by atoms with Gasteiger partial charge in [0.1, 0.15) is 6.54 Å². The second kappa shape index (κ2) is 7.28. The molecule has 4 rings (SSSR count). The Morgan fingerprint density at radius 1 is 1.14 bits per heavy atom. The molecule has 0 aliphatic heterocycles. The molecule has 6 nitrogen and oxygen atoms in total. The van der Waals surface area contributed by atoms with Gasteiger partial charge in [0.15, 0.2) is 16.8 Å². The minimum atomic E-state index is -0.966. The van der Waals surface area contributed by atoms with Crippen LogP contribution in [0.4, 0.5) is 13.9 Å². The number of hydrogen-bond acceptors (Lipinski definition) is 5. The molecule has 0 aliphatic carbocycles. The van der Waals surface area contributed by atoms with Gasteiger partial charge < -0.3 is 5.32 Å². The number of carbonyl (C=O) groups excluding carboxylic acids is 1. The number of nitrogens with zero attached hydrogens (tertiary/aromatic N) is 3. The summed E-state index contributed by atoms with van der Waals surface area (Å²) in [5.74, 6) is -2.28. The summed E-state index contributed by atoms with van der Waals surface area (Å²) in [6, 6.07) is 10.4. The van der Waals surface area contributed by atoms with Gasteiger partial charge >= 0.3 is 0 Å². The maximum absolute atomic E-state index is 13.4. The number of hydrogen-bond donors (Lipinski definition) is 1. The average Bonchev–Trinajstić information content (AvgIpc) is 3.15. The van der Waals surface area contributed by atoms with Crippen molar-refractivity contribution in [3.05, 3.63) is 75.9 Å². The molecule has 0 atom stereocenters. The number of anilines is 1. The largest absolute Gasteiger partial charge is 0.300 e. The normalized spacial score (nSPS) is 10.9. The Balaban J connectivity index is 1.52. The van der Waals surface area contributed by atoms with Crippen LogP contribution in [0.1, 0.15) is 0 Å². The number of amides is 1. The molecule has 4 aromatic rings. The molecule has 0 radical (unpaired) electrons. The van der Waals surface area contributed by atoms with Gasteiger partial charge in [0.25, 0.3) is 0 Å². The molecule has 0 spiro atoms. The van der Waals surface area contributed by atoms with E-state index in [2.05, 4.69) is 15.4 Å². The first kappa shape index (κ1) is 17.9. The Labute approximate surface area is 161 Å². The van der Waals surface area contributed by atoms with Gasteiger partial charge in [-0.05, 0) is 30.3 Å². The van der Waals surface area contributed by atoms with Gasteiger partial charge in [-0.2, -0.15) is 5.10 Å². The molecule has 1 N–H and O–H groups in total. The number of thiazole rings is 1. The zero-order valence-corrected chi connectivity index (χ0v) is 15.0. The fraction of sp³-hybridized carbons (Fsp3) is 0.0526. The Morgan fingerprint density at radius 2 is 1.96 bits per heavy atom. The molecule has 0 aliphatic rings. The highest BCUT2D eigenvalue weighted by molar-refractivity contribution is 7.14. The van der Waals surface area contributed by atoms with E-state index in [-0.39, 0.29) is 17.9 Å². The number of fused-ring (bicyclic) bond motifs is 1. The third kappa shape index (κ3) is 3.52. The van der Waals surface area contributed by atoms with Crippen molar-refractivity contribution in [2.24, 2.45) is 0 Å². The van der Waals surface area contributed by atoms with Crippen molar-refractivity contribution >= 4 is 33.3 Å². The number of carbonyl (C=O) groups is 1. The zero-order chi connectivity index (χ0) is 19.7. The molecule has 9 heteroatoms. The van der Waals surface area contributed by atoms with Crippen molar-refractivity contribution in [3.8, 4) is 11.3 Å². The van der Waals surface area contributed by atoms with E-state index in [1.807, 2.05) is 0 Å². The van der Waals surface area contributed by atoms with Crippen LogP contribution in [0.25, 0.3) is 22.2 Å². The average molecular weight is 398 g/mol. The lowest BCUT2D eigenvalue weighted by atomic mass is 10.2. The van der Waals surface area contributed by atoms with Crippen LogP contribution < -0.4 is 10.7 Å². The van der Waals surface area contributed by atoms with Crippen LogP contribution in [0.3, 0.4) is 0 Å². The van der Waals surface area contributed by atoms with Gasteiger partial charge in [-0.1, -0.05) is 12.1 Å². The van der Waals surface area contributed by atoms with Crippen molar-refractivity contribution in [3.63, 3.8) is 0 Å². The molecular formula is C19H12F2N4O2S. The van der Waals surface area contributed by atoms with Crippen LogP contribution in [0.5, 0.6) is 0 Å². The summed E-state index contributed by atoms with van der Waals surface area (Å²) in [6.07, 6.45) is 1.17. The zero-order valence-electron chi connectivity index (χ0n) is 14.2. The molecular weight excluding hydrogens is 386 g/mol. The van der Waals surface area contributed by atoms with E-state index in [0.717, 1.165) is 23.5 Å². The van der Waals surface area contributed by atoms with Crippen molar-refractivity contribution in [1.29, 1.82) is 0 Å². The lowest BCUT2D eigenvalue weighted by Crippen LogP contribution is -2.22. The highest BCUT2D eigenvalue weighted by Gasteiger charge is 2.12. The van der Waals surface area contributed by atoms with Crippen LogP contribution in [0, 0.1) is 11.6 Å². The van der Waals surface area contributed by atoms with E-state index in [1.54, 1.807) is 29.6 Å². The molecule has 0 saturated carbocycles. The third-order valence-electron chi connectivity index (χ3n) is 4.02. The van der Waals surface area contributed by atoms with Crippen LogP contribution in [-0.4, -0.2) is 20.7 Å². The number of halogens is 2. The van der Waals surface area contributed by atoms with E-state index in [9.17, 15) is 18.4 Å². The Kier molecular flexibility index (Phi) is 4.66. The first-order chi connectivity index (χ1) is 13.5. The summed E-state index contributed by atoms with van der Waals surface area (Å²) in [5.41, 5.74) is 1.16. The van der Waals surface area contributed by atoms with Gasteiger partial charge in [-0.3, -0.25) is 14.3 Å². The van der Waals surface area contributed by atoms with Crippen molar-refractivity contribution < 1.29 is 13.6 Å². The Morgan fingerprint density at radius 3 is 2.79 bits per heavy atom. The minimum Gasteiger partial charge on any atom is -0.300 e. The molecule has 2 aromatic carbocycles. The molecule has 0 fully saturated rings. The van der Waals surface area contributed by atoms with Crippen molar-refractivity contribution in [1.82, 2.24) is 14.8 Å². The predicted octanol–water partition coefficient (Wildman–Crippen LogP) is 3.44. The molecule has 28 heavy (non-hydrogen) atoms. The van der Waals surface area contributed by atoms with Crippen LogP contribution in [0.2, 0.25) is 0 Å². The van der Waals surface area contributed by atoms with Gasteiger partial charge in [0.2, 0.25) is 11.3 Å². The quantitative estimate of drug-likeness (QED) is 0.571. The monoisotopic (exact) mass is 398 g/mol. The third-order valence-corrected chi connectivity index (χ3v) is 4.78. The van der Waals surface area contributed by atoms with E-state index in [1.165, 1.54) is 16.9 Å². The van der Waals surface area contributed by atoms with E-state index < -0.39 is 11.6 Å². The van der Waals surface area contributed by atoms with E-state index in [4.69, 9.17) is 0 Å². The Bertz CT molecular complexity index is 1250. The molecule has 2 heterocycles. The van der Waals surface area contributed by atoms with Gasteiger partial charge in [-0.25, -0.2) is 13.8 Å². The number of para-hydroxylation sites is 1. The highest BCUT2D eigenvalue weighted by atomic mass is 32.1. The number of nitrogens with one attached hydrogen (secondary N) is 1. The minimum absolute atomic E-state index is 0.110. The fourth-order valence-corrected chi connectivity index (χ4v) is 3.44.